The Kier molecular flexibility index (Phi) is 15.3. The minimum absolute atomic E-state index is 0.0260. The fraction of sp³-hybridized carbons (Fsp3) is 0.625. The molecular formula is C24H34N2O10. The van der Waals surface area contributed by atoms with Crippen LogP contribution in [0.4, 0.5) is 0 Å². The van der Waals surface area contributed by atoms with E-state index in [4.69, 9.17) is 9.84 Å². The summed E-state index contributed by atoms with van der Waals surface area (Å²) in [6.07, 6.45) is 6.60. The lowest BCUT2D eigenvalue weighted by Gasteiger charge is -2.13. The standard InChI is InChI=1S/C24H34N2O10/c27-17-36-16-21(30)25-20(24(33)34)10-9-19(29)8-5-15-35-14-4-7-18(28)6-2-1-3-13-26-22(31)11-12-23(26)32/h11-12,17,20H,1-10,13-16H2,(H,25,30)(H,33,34)/t20-/m0/s1. The molecule has 12 heteroatoms. The summed E-state index contributed by atoms with van der Waals surface area (Å²) in [6, 6.07) is -1.25. The van der Waals surface area contributed by atoms with Gasteiger partial charge in [0.25, 0.3) is 24.2 Å². The minimum Gasteiger partial charge on any atom is -0.480 e. The second-order valence-corrected chi connectivity index (χ2v) is 8.27. The molecule has 1 aliphatic heterocycles. The van der Waals surface area contributed by atoms with Crippen LogP contribution in [-0.2, 0) is 43.0 Å². The van der Waals surface area contributed by atoms with E-state index in [1.165, 1.54) is 17.1 Å². The summed E-state index contributed by atoms with van der Waals surface area (Å²) >= 11 is 0. The molecule has 0 fully saturated rings. The Balaban J connectivity index is 2.00. The molecule has 0 saturated carbocycles. The molecule has 0 aromatic rings. The lowest BCUT2D eigenvalue weighted by atomic mass is 10.1. The van der Waals surface area contributed by atoms with E-state index in [1.807, 2.05) is 0 Å². The average Bonchev–Trinajstić information content (AvgIpc) is 3.16. The quantitative estimate of drug-likeness (QED) is 0.120. The van der Waals surface area contributed by atoms with Gasteiger partial charge < -0.3 is 19.9 Å². The molecule has 12 nitrogen and oxygen atoms in total. The van der Waals surface area contributed by atoms with Gasteiger partial charge in [0, 0.05) is 57.6 Å². The van der Waals surface area contributed by atoms with Gasteiger partial charge in [0.05, 0.1) is 0 Å². The first-order chi connectivity index (χ1) is 17.2. The number of aliphatic carboxylic acids is 1. The van der Waals surface area contributed by atoms with Gasteiger partial charge >= 0.3 is 5.97 Å². The Morgan fingerprint density at radius 2 is 1.47 bits per heavy atom. The third-order valence-electron chi connectivity index (χ3n) is 5.35. The van der Waals surface area contributed by atoms with Gasteiger partial charge in [0.2, 0.25) is 0 Å². The molecule has 2 N–H and O–H groups in total. The molecule has 200 valence electrons. The van der Waals surface area contributed by atoms with E-state index < -0.39 is 24.5 Å². The van der Waals surface area contributed by atoms with E-state index in [0.29, 0.717) is 58.3 Å². The van der Waals surface area contributed by atoms with Crippen LogP contribution in [0.1, 0.15) is 64.2 Å². The Labute approximate surface area is 209 Å². The van der Waals surface area contributed by atoms with Gasteiger partial charge in [0.1, 0.15) is 17.6 Å². The smallest absolute Gasteiger partial charge is 0.326 e. The van der Waals surface area contributed by atoms with E-state index in [-0.39, 0.29) is 49.1 Å². The van der Waals surface area contributed by atoms with Crippen LogP contribution < -0.4 is 5.32 Å². The van der Waals surface area contributed by atoms with Gasteiger partial charge in [0.15, 0.2) is 6.61 Å². The van der Waals surface area contributed by atoms with Crippen molar-refractivity contribution in [3.8, 4) is 0 Å². The normalized spacial score (nSPS) is 13.5. The van der Waals surface area contributed by atoms with Gasteiger partial charge in [-0.2, -0.15) is 0 Å². The number of ether oxygens (including phenoxy) is 2. The van der Waals surface area contributed by atoms with Crippen molar-refractivity contribution in [2.45, 2.75) is 70.3 Å². The molecule has 0 bridgehead atoms. The van der Waals surface area contributed by atoms with Crippen LogP contribution in [0.5, 0.6) is 0 Å². The average molecular weight is 511 g/mol. The topological polar surface area (TPSA) is 173 Å². The first-order valence-electron chi connectivity index (χ1n) is 12.0. The minimum atomic E-state index is -1.28. The first-order valence-corrected chi connectivity index (χ1v) is 12.0. The predicted molar refractivity (Wildman–Crippen MR) is 124 cm³/mol. The number of unbranched alkanes of at least 4 members (excludes halogenated alkanes) is 2. The predicted octanol–water partition coefficient (Wildman–Crippen LogP) is 0.710. The molecule has 36 heavy (non-hydrogen) atoms. The van der Waals surface area contributed by atoms with Crippen LogP contribution in [0, 0.1) is 0 Å². The number of hydrogen-bond donors (Lipinski definition) is 2. The molecule has 0 aromatic carbocycles. The van der Waals surface area contributed by atoms with E-state index >= 15 is 0 Å². The Morgan fingerprint density at radius 1 is 0.889 bits per heavy atom. The van der Waals surface area contributed by atoms with Gasteiger partial charge in [-0.3, -0.25) is 33.7 Å². The molecule has 1 rings (SSSR count). The number of ketones is 2. The highest BCUT2D eigenvalue weighted by atomic mass is 16.5. The number of Topliss-reactive ketones (excluding diaryl/α,β-unsaturated/α-hetero) is 2. The number of carboxylic acids is 1. The molecule has 3 amide bonds. The molecule has 0 aliphatic carbocycles. The molecule has 1 atom stereocenters. The number of nitrogens with zero attached hydrogens (tertiary/aromatic N) is 1. The molecule has 0 aromatic heterocycles. The summed E-state index contributed by atoms with van der Waals surface area (Å²) in [5, 5.41) is 11.3. The maximum Gasteiger partial charge on any atom is 0.326 e. The fourth-order valence-electron chi connectivity index (χ4n) is 3.42. The summed E-state index contributed by atoms with van der Waals surface area (Å²) in [5.41, 5.74) is 0. The SMILES string of the molecule is O=COCC(=O)N[C@@H](CCC(=O)CCCOCCCC(=O)CCCCCN1C(=O)C=CC1=O)C(=O)O. The first kappa shape index (κ1) is 30.6. The Bertz CT molecular complexity index is 806. The van der Waals surface area contributed by atoms with Crippen LogP contribution in [-0.4, -0.2) is 84.1 Å². The molecule has 0 spiro atoms. The van der Waals surface area contributed by atoms with E-state index in [1.54, 1.807) is 0 Å². The van der Waals surface area contributed by atoms with E-state index in [2.05, 4.69) is 10.1 Å². The van der Waals surface area contributed by atoms with Gasteiger partial charge in [-0.05, 0) is 32.1 Å². The van der Waals surface area contributed by atoms with Crippen LogP contribution in [0.3, 0.4) is 0 Å². The van der Waals surface area contributed by atoms with Crippen LogP contribution in [0.25, 0.3) is 0 Å². The van der Waals surface area contributed by atoms with Crippen LogP contribution in [0.2, 0.25) is 0 Å². The van der Waals surface area contributed by atoms with Crippen LogP contribution >= 0.6 is 0 Å². The lowest BCUT2D eigenvalue weighted by Crippen LogP contribution is -2.42. The zero-order valence-corrected chi connectivity index (χ0v) is 20.3. The van der Waals surface area contributed by atoms with E-state index in [9.17, 15) is 33.6 Å². The number of amides is 3. The zero-order valence-electron chi connectivity index (χ0n) is 20.3. The van der Waals surface area contributed by atoms with E-state index in [0.717, 1.165) is 6.42 Å². The van der Waals surface area contributed by atoms with Crippen molar-refractivity contribution in [1.29, 1.82) is 0 Å². The van der Waals surface area contributed by atoms with Crippen molar-refractivity contribution < 1.29 is 48.1 Å². The molecular weight excluding hydrogens is 476 g/mol. The monoisotopic (exact) mass is 510 g/mol. The summed E-state index contributed by atoms with van der Waals surface area (Å²) in [6.45, 7) is 0.580. The summed E-state index contributed by atoms with van der Waals surface area (Å²) in [4.78, 5) is 80.6. The zero-order chi connectivity index (χ0) is 26.8. The van der Waals surface area contributed by atoms with Crippen molar-refractivity contribution in [2.24, 2.45) is 0 Å². The number of nitrogens with one attached hydrogen (secondary N) is 1. The number of carbonyl (C=O) groups excluding carboxylic acids is 6. The number of carbonyl (C=O) groups is 7. The number of hydrogen-bond acceptors (Lipinski definition) is 9. The highest BCUT2D eigenvalue weighted by Gasteiger charge is 2.22. The summed E-state index contributed by atoms with van der Waals surface area (Å²) in [7, 11) is 0. The molecule has 1 heterocycles. The number of imide groups is 1. The third-order valence-corrected chi connectivity index (χ3v) is 5.35. The second-order valence-electron chi connectivity index (χ2n) is 8.27. The van der Waals surface area contributed by atoms with Crippen molar-refractivity contribution in [3.63, 3.8) is 0 Å². The Morgan fingerprint density at radius 3 is 2.06 bits per heavy atom. The molecule has 0 saturated heterocycles. The molecule has 1 aliphatic rings. The van der Waals surface area contributed by atoms with Crippen molar-refractivity contribution in [2.75, 3.05) is 26.4 Å². The van der Waals surface area contributed by atoms with Crippen molar-refractivity contribution in [3.05, 3.63) is 12.2 Å². The number of rotatable bonds is 22. The Hall–Kier alpha value is -3.41. The summed E-state index contributed by atoms with van der Waals surface area (Å²) < 4.78 is 9.68. The van der Waals surface area contributed by atoms with Gasteiger partial charge in [-0.1, -0.05) is 6.42 Å². The number of carboxylic acid groups (broad SMARTS) is 1. The largest absolute Gasteiger partial charge is 0.480 e. The highest BCUT2D eigenvalue weighted by Crippen LogP contribution is 2.09. The maximum absolute atomic E-state index is 11.9. The molecule has 0 unspecified atom stereocenters. The molecule has 0 radical (unpaired) electrons. The lowest BCUT2D eigenvalue weighted by molar-refractivity contribution is -0.144. The third kappa shape index (κ3) is 13.5. The fourth-order valence-corrected chi connectivity index (χ4v) is 3.42. The van der Waals surface area contributed by atoms with Crippen molar-refractivity contribution >= 4 is 41.7 Å². The summed E-state index contributed by atoms with van der Waals surface area (Å²) in [5.74, 6) is -2.67. The van der Waals surface area contributed by atoms with Crippen molar-refractivity contribution in [1.82, 2.24) is 10.2 Å². The second kappa shape index (κ2) is 17.9. The van der Waals surface area contributed by atoms with Gasteiger partial charge in [-0.15, -0.1) is 0 Å². The highest BCUT2D eigenvalue weighted by molar-refractivity contribution is 6.12. The maximum atomic E-state index is 11.9. The van der Waals surface area contributed by atoms with Crippen LogP contribution in [0.15, 0.2) is 12.2 Å². The van der Waals surface area contributed by atoms with Gasteiger partial charge in [-0.25, -0.2) is 4.79 Å².